The molecule has 2 aliphatic rings. The molecule has 1 spiro atoms. The van der Waals surface area contributed by atoms with Crippen molar-refractivity contribution in [2.75, 3.05) is 4.90 Å². The van der Waals surface area contributed by atoms with Crippen LogP contribution in [0.3, 0.4) is 0 Å². The molecule has 0 N–H and O–H groups in total. The Bertz CT molecular complexity index is 3930. The topological polar surface area (TPSA) is 3.24 Å². The van der Waals surface area contributed by atoms with Crippen LogP contribution in [-0.4, -0.2) is 0 Å². The Morgan fingerprint density at radius 3 is 1.04 bits per heavy atom. The quantitative estimate of drug-likeness (QED) is 0.151. The Labute approximate surface area is 396 Å². The summed E-state index contributed by atoms with van der Waals surface area (Å²) in [6.45, 7) is 0. The van der Waals surface area contributed by atoms with Crippen LogP contribution in [0.4, 0.5) is 17.1 Å². The first kappa shape index (κ1) is 38.5. The molecule has 0 saturated heterocycles. The predicted molar refractivity (Wildman–Crippen MR) is 286 cm³/mol. The number of fused-ring (bicyclic) bond motifs is 16. The average molecular weight is 862 g/mol. The molecule has 0 fully saturated rings. The van der Waals surface area contributed by atoms with Crippen molar-refractivity contribution in [3.8, 4) is 55.6 Å². The molecular weight excluding hydrogens is 819 g/mol. The molecule has 0 aliphatic heterocycles. The molecule has 0 bridgehead atoms. The molecule has 0 aromatic heterocycles. The lowest BCUT2D eigenvalue weighted by Gasteiger charge is -2.32. The maximum absolute atomic E-state index is 2.56. The van der Waals surface area contributed by atoms with E-state index in [9.17, 15) is 0 Å². The van der Waals surface area contributed by atoms with Crippen LogP contribution in [0.15, 0.2) is 261 Å². The highest BCUT2D eigenvalue weighted by atomic mass is 15.1. The Hall–Kier alpha value is -8.78. The molecule has 2 aliphatic carbocycles. The monoisotopic (exact) mass is 861 g/mol. The Balaban J connectivity index is 0.974. The van der Waals surface area contributed by atoms with Crippen LogP contribution in [0.5, 0.6) is 0 Å². The van der Waals surface area contributed by atoms with Gasteiger partial charge in [-0.15, -0.1) is 0 Å². The number of rotatable bonds is 6. The first-order valence-corrected chi connectivity index (χ1v) is 23.7. The molecule has 1 unspecified atom stereocenters. The van der Waals surface area contributed by atoms with Crippen LogP contribution in [0.2, 0.25) is 0 Å². The van der Waals surface area contributed by atoms with Crippen molar-refractivity contribution in [3.63, 3.8) is 0 Å². The Kier molecular flexibility index (Phi) is 8.57. The molecular formula is C67H43N. The molecule has 14 rings (SSSR count). The van der Waals surface area contributed by atoms with Gasteiger partial charge in [-0.05, 0) is 159 Å². The van der Waals surface area contributed by atoms with Gasteiger partial charge in [0, 0.05) is 17.1 Å². The summed E-state index contributed by atoms with van der Waals surface area (Å²) in [5.74, 6) is 0. The van der Waals surface area contributed by atoms with E-state index >= 15 is 0 Å². The standard InChI is InChI=1S/C67H43N/c1-3-15-44(16-4-1)46-27-29-47(30-28-46)49-33-37-51(38-34-49)68(50-35-31-48(32-36-50)45-17-5-2-6-18-45)52-39-40-59-57-23-11-13-25-63(57)67(65(59)41-52)64-26-14-12-24-58(64)62-42-60-55-21-9-7-19-53(55)54-20-8-10-22-56(54)61(60)43-66(62)67/h1-43H. The van der Waals surface area contributed by atoms with Gasteiger partial charge < -0.3 is 4.90 Å². The zero-order chi connectivity index (χ0) is 44.8. The van der Waals surface area contributed by atoms with Gasteiger partial charge in [0.05, 0.1) is 5.41 Å². The molecule has 1 nitrogen and oxygen atoms in total. The van der Waals surface area contributed by atoms with Gasteiger partial charge in [0.25, 0.3) is 0 Å². The van der Waals surface area contributed by atoms with Gasteiger partial charge in [0.1, 0.15) is 0 Å². The van der Waals surface area contributed by atoms with Crippen LogP contribution in [-0.2, 0) is 5.41 Å². The smallest absolute Gasteiger partial charge is 0.0726 e. The molecule has 1 heteroatoms. The van der Waals surface area contributed by atoms with Crippen LogP contribution >= 0.6 is 0 Å². The van der Waals surface area contributed by atoms with Crippen LogP contribution in [0.25, 0.3) is 88.0 Å². The number of hydrogen-bond donors (Lipinski definition) is 0. The minimum absolute atomic E-state index is 0.534. The van der Waals surface area contributed by atoms with Crippen molar-refractivity contribution in [2.45, 2.75) is 5.41 Å². The summed E-state index contributed by atoms with van der Waals surface area (Å²) >= 11 is 0. The molecule has 0 radical (unpaired) electrons. The molecule has 1 atom stereocenters. The van der Waals surface area contributed by atoms with Crippen molar-refractivity contribution in [1.82, 2.24) is 0 Å². The second-order valence-electron chi connectivity index (χ2n) is 18.3. The summed E-state index contributed by atoms with van der Waals surface area (Å²) in [5.41, 5.74) is 20.5. The second kappa shape index (κ2) is 15.1. The van der Waals surface area contributed by atoms with Crippen LogP contribution < -0.4 is 4.90 Å². The van der Waals surface area contributed by atoms with E-state index in [1.165, 1.54) is 110 Å². The summed E-state index contributed by atoms with van der Waals surface area (Å²) < 4.78 is 0. The first-order valence-electron chi connectivity index (χ1n) is 23.7. The van der Waals surface area contributed by atoms with Gasteiger partial charge in [0.15, 0.2) is 0 Å². The third-order valence-corrected chi connectivity index (χ3v) is 14.9. The zero-order valence-corrected chi connectivity index (χ0v) is 37.3. The van der Waals surface area contributed by atoms with E-state index in [0.717, 1.165) is 17.1 Å². The summed E-state index contributed by atoms with van der Waals surface area (Å²) in [6.07, 6.45) is 0. The van der Waals surface area contributed by atoms with E-state index in [0.29, 0.717) is 0 Å². The lowest BCUT2D eigenvalue weighted by atomic mass is 9.70. The zero-order valence-electron chi connectivity index (χ0n) is 37.3. The highest BCUT2D eigenvalue weighted by Crippen LogP contribution is 2.64. The number of hydrogen-bond acceptors (Lipinski definition) is 1. The summed E-state index contributed by atoms with van der Waals surface area (Å²) in [4.78, 5) is 2.44. The van der Waals surface area contributed by atoms with Gasteiger partial charge in [0.2, 0.25) is 0 Å². The molecule has 68 heavy (non-hydrogen) atoms. The van der Waals surface area contributed by atoms with Gasteiger partial charge in [-0.2, -0.15) is 0 Å². The normalized spacial score (nSPS) is 14.2. The van der Waals surface area contributed by atoms with Gasteiger partial charge in [-0.1, -0.05) is 212 Å². The molecule has 316 valence electrons. The van der Waals surface area contributed by atoms with Crippen molar-refractivity contribution in [2.24, 2.45) is 0 Å². The average Bonchev–Trinajstić information content (AvgIpc) is 3.88. The van der Waals surface area contributed by atoms with E-state index in [-0.39, 0.29) is 0 Å². The molecule has 0 saturated carbocycles. The third-order valence-electron chi connectivity index (χ3n) is 14.9. The fourth-order valence-corrected chi connectivity index (χ4v) is 11.8. The van der Waals surface area contributed by atoms with Gasteiger partial charge in [-0.25, -0.2) is 0 Å². The summed E-state index contributed by atoms with van der Waals surface area (Å²) in [7, 11) is 0. The second-order valence-corrected chi connectivity index (χ2v) is 18.3. The lowest BCUT2D eigenvalue weighted by molar-refractivity contribution is 0.795. The highest BCUT2D eigenvalue weighted by molar-refractivity contribution is 6.26. The molecule has 0 heterocycles. The van der Waals surface area contributed by atoms with Crippen LogP contribution in [0, 0.1) is 0 Å². The first-order chi connectivity index (χ1) is 33.7. The van der Waals surface area contributed by atoms with Crippen molar-refractivity contribution in [3.05, 3.63) is 283 Å². The van der Waals surface area contributed by atoms with Crippen molar-refractivity contribution < 1.29 is 0 Å². The molecule has 0 amide bonds. The minimum atomic E-state index is -0.534. The van der Waals surface area contributed by atoms with E-state index in [1.54, 1.807) is 0 Å². The number of anilines is 3. The van der Waals surface area contributed by atoms with E-state index < -0.39 is 5.41 Å². The van der Waals surface area contributed by atoms with Gasteiger partial charge in [-0.3, -0.25) is 0 Å². The predicted octanol–water partition coefficient (Wildman–Crippen LogP) is 18.0. The number of benzene rings is 12. The molecule has 12 aromatic rings. The Morgan fingerprint density at radius 1 is 0.206 bits per heavy atom. The van der Waals surface area contributed by atoms with Crippen molar-refractivity contribution in [1.29, 1.82) is 0 Å². The lowest BCUT2D eigenvalue weighted by Crippen LogP contribution is -2.26. The van der Waals surface area contributed by atoms with Crippen LogP contribution in [0.1, 0.15) is 22.3 Å². The SMILES string of the molecule is c1ccc(-c2ccc(-c3ccc(N(c4ccc(-c5ccccc5)cc4)c4ccc5c(c4)C4(c6ccccc6-5)c5ccccc5-c5cc6c7ccccc7c7ccccc7c6cc54)cc3)cc2)cc1. The van der Waals surface area contributed by atoms with Crippen molar-refractivity contribution >= 4 is 49.4 Å². The number of nitrogens with zero attached hydrogens (tertiary/aromatic N) is 1. The van der Waals surface area contributed by atoms with E-state index in [1.807, 2.05) is 0 Å². The van der Waals surface area contributed by atoms with E-state index in [2.05, 4.69) is 266 Å². The fraction of sp³-hybridized carbons (Fsp3) is 0.0149. The largest absolute Gasteiger partial charge is 0.310 e. The summed E-state index contributed by atoms with van der Waals surface area (Å²) in [5, 5.41) is 7.76. The fourth-order valence-electron chi connectivity index (χ4n) is 11.8. The van der Waals surface area contributed by atoms with Gasteiger partial charge >= 0.3 is 0 Å². The maximum Gasteiger partial charge on any atom is 0.0726 e. The maximum atomic E-state index is 2.56. The minimum Gasteiger partial charge on any atom is -0.310 e. The van der Waals surface area contributed by atoms with E-state index in [4.69, 9.17) is 0 Å². The highest BCUT2D eigenvalue weighted by Gasteiger charge is 2.52. The molecule has 12 aromatic carbocycles. The third kappa shape index (κ3) is 5.69. The summed E-state index contributed by atoms with van der Waals surface area (Å²) in [6, 6.07) is 96.9. The Morgan fingerprint density at radius 2 is 0.544 bits per heavy atom.